The number of hydrogen-bond acceptors (Lipinski definition) is 8. The quantitative estimate of drug-likeness (QED) is 0.257. The highest BCUT2D eigenvalue weighted by atomic mass is 32.2. The number of sulfonamides is 1. The summed E-state index contributed by atoms with van der Waals surface area (Å²) in [5.74, 6) is -0.0708. The predicted molar refractivity (Wildman–Crippen MR) is 129 cm³/mol. The first-order valence-corrected chi connectivity index (χ1v) is 11.6. The highest BCUT2D eigenvalue weighted by Crippen LogP contribution is 2.32. The molecule has 0 unspecified atom stereocenters. The van der Waals surface area contributed by atoms with Gasteiger partial charge in [-0.3, -0.25) is 19.2 Å². The Kier molecular flexibility index (Phi) is 8.00. The van der Waals surface area contributed by atoms with Crippen LogP contribution in [0, 0.1) is 10.1 Å². The monoisotopic (exact) mass is 498 g/mol. The Labute approximate surface area is 201 Å². The number of rotatable bonds is 10. The molecular formula is C23H22N4O7S. The van der Waals surface area contributed by atoms with Gasteiger partial charge in [0.2, 0.25) is 0 Å². The fourth-order valence-electron chi connectivity index (χ4n) is 3.11. The number of carbonyl (C=O) groups is 1. The lowest BCUT2D eigenvalue weighted by molar-refractivity contribution is -0.385. The zero-order valence-electron chi connectivity index (χ0n) is 18.8. The van der Waals surface area contributed by atoms with E-state index in [4.69, 9.17) is 9.47 Å². The van der Waals surface area contributed by atoms with Crippen LogP contribution in [0.4, 0.5) is 11.4 Å². The number of amides is 1. The Hall–Kier alpha value is -4.45. The van der Waals surface area contributed by atoms with Gasteiger partial charge >= 0.3 is 0 Å². The van der Waals surface area contributed by atoms with Crippen LogP contribution >= 0.6 is 0 Å². The number of hydrazone groups is 1. The maximum atomic E-state index is 13.5. The summed E-state index contributed by atoms with van der Waals surface area (Å²) in [6, 6.07) is 17.9. The molecule has 0 saturated carbocycles. The molecule has 0 bridgehead atoms. The summed E-state index contributed by atoms with van der Waals surface area (Å²) < 4.78 is 38.2. The van der Waals surface area contributed by atoms with Crippen molar-refractivity contribution in [2.24, 2.45) is 5.10 Å². The third-order valence-corrected chi connectivity index (χ3v) is 6.59. The lowest BCUT2D eigenvalue weighted by atomic mass is 10.2. The average molecular weight is 499 g/mol. The van der Waals surface area contributed by atoms with Gasteiger partial charge < -0.3 is 9.47 Å². The van der Waals surface area contributed by atoms with E-state index in [1.807, 2.05) is 0 Å². The van der Waals surface area contributed by atoms with E-state index < -0.39 is 27.4 Å². The van der Waals surface area contributed by atoms with Crippen LogP contribution in [0.3, 0.4) is 0 Å². The molecule has 12 heteroatoms. The largest absolute Gasteiger partial charge is 0.497 e. The lowest BCUT2D eigenvalue weighted by Gasteiger charge is -2.25. The first-order valence-electron chi connectivity index (χ1n) is 10.1. The molecule has 0 spiro atoms. The van der Waals surface area contributed by atoms with Crippen LogP contribution in [-0.4, -0.2) is 46.2 Å². The molecule has 0 aromatic heterocycles. The van der Waals surface area contributed by atoms with E-state index in [2.05, 4.69) is 10.5 Å². The van der Waals surface area contributed by atoms with Crippen molar-refractivity contribution in [2.75, 3.05) is 25.1 Å². The standard InChI is InChI=1S/C23H22N4O7S/c1-33-18-11-13-19(14-12-18)35(31,32)26(21-9-5-6-10-22(21)34-2)16-23(28)25-24-15-17-7-3-4-8-20(17)27(29)30/h3-15H,16H2,1-2H3,(H,25,28)/b24-15-. The molecule has 3 aromatic rings. The molecule has 35 heavy (non-hydrogen) atoms. The normalized spacial score (nSPS) is 11.1. The summed E-state index contributed by atoms with van der Waals surface area (Å²) in [5, 5.41) is 14.9. The summed E-state index contributed by atoms with van der Waals surface area (Å²) in [6.07, 6.45) is 1.11. The Bertz CT molecular complexity index is 1340. The Morgan fingerprint density at radius 1 is 1.03 bits per heavy atom. The molecule has 1 N–H and O–H groups in total. The van der Waals surface area contributed by atoms with Crippen LogP contribution in [0.2, 0.25) is 0 Å². The molecule has 11 nitrogen and oxygen atoms in total. The Balaban J connectivity index is 1.90. The molecule has 0 atom stereocenters. The van der Waals surface area contributed by atoms with Gasteiger partial charge in [0.15, 0.2) is 0 Å². The molecule has 3 rings (SSSR count). The van der Waals surface area contributed by atoms with Gasteiger partial charge in [-0.1, -0.05) is 24.3 Å². The van der Waals surface area contributed by atoms with Crippen LogP contribution in [0.1, 0.15) is 5.56 Å². The minimum absolute atomic E-state index is 0.0691. The summed E-state index contributed by atoms with van der Waals surface area (Å²) in [4.78, 5) is 23.2. The van der Waals surface area contributed by atoms with Crippen molar-refractivity contribution in [2.45, 2.75) is 4.90 Å². The molecule has 0 saturated heterocycles. The SMILES string of the molecule is COc1ccc(S(=O)(=O)N(CC(=O)N/N=C\c2ccccc2[N+](=O)[O-])c2ccccc2OC)cc1. The number of benzene rings is 3. The van der Waals surface area contributed by atoms with Crippen LogP contribution < -0.4 is 19.2 Å². The van der Waals surface area contributed by atoms with Gasteiger partial charge in [0, 0.05) is 6.07 Å². The zero-order chi connectivity index (χ0) is 25.4. The molecule has 0 fully saturated rings. The zero-order valence-corrected chi connectivity index (χ0v) is 19.6. The second kappa shape index (κ2) is 11.1. The highest BCUT2D eigenvalue weighted by Gasteiger charge is 2.29. The van der Waals surface area contributed by atoms with E-state index >= 15 is 0 Å². The Morgan fingerprint density at radius 2 is 1.69 bits per heavy atom. The minimum Gasteiger partial charge on any atom is -0.497 e. The fourth-order valence-corrected chi connectivity index (χ4v) is 4.54. The summed E-state index contributed by atoms with van der Waals surface area (Å²) >= 11 is 0. The van der Waals surface area contributed by atoms with E-state index in [1.54, 1.807) is 24.3 Å². The molecule has 0 aliphatic carbocycles. The van der Waals surface area contributed by atoms with Crippen molar-refractivity contribution in [1.29, 1.82) is 0 Å². The number of anilines is 1. The molecule has 0 aliphatic rings. The van der Waals surface area contributed by atoms with Gasteiger partial charge in [0.1, 0.15) is 18.0 Å². The number of para-hydroxylation sites is 3. The number of nitrogens with zero attached hydrogens (tertiary/aromatic N) is 3. The molecule has 0 radical (unpaired) electrons. The minimum atomic E-state index is -4.21. The van der Waals surface area contributed by atoms with Crippen LogP contribution in [-0.2, 0) is 14.8 Å². The number of nitro benzene ring substituents is 1. The van der Waals surface area contributed by atoms with Crippen LogP contribution in [0.25, 0.3) is 0 Å². The first-order chi connectivity index (χ1) is 16.8. The number of nitrogens with one attached hydrogen (secondary N) is 1. The summed E-state index contributed by atoms with van der Waals surface area (Å²) in [7, 11) is -1.37. The van der Waals surface area contributed by atoms with Crippen molar-refractivity contribution in [3.8, 4) is 11.5 Å². The summed E-state index contributed by atoms with van der Waals surface area (Å²) in [5.41, 5.74) is 2.34. The molecule has 182 valence electrons. The van der Waals surface area contributed by atoms with E-state index in [0.717, 1.165) is 10.5 Å². The van der Waals surface area contributed by atoms with Crippen LogP contribution in [0.15, 0.2) is 82.8 Å². The maximum Gasteiger partial charge on any atom is 0.278 e. The van der Waals surface area contributed by atoms with Crippen molar-refractivity contribution >= 4 is 33.5 Å². The van der Waals surface area contributed by atoms with E-state index in [9.17, 15) is 23.3 Å². The highest BCUT2D eigenvalue weighted by molar-refractivity contribution is 7.92. The maximum absolute atomic E-state index is 13.5. The van der Waals surface area contributed by atoms with Crippen LogP contribution in [0.5, 0.6) is 11.5 Å². The van der Waals surface area contributed by atoms with Crippen molar-refractivity contribution in [3.63, 3.8) is 0 Å². The average Bonchev–Trinajstić information content (AvgIpc) is 2.87. The first kappa shape index (κ1) is 25.2. The second-order valence-corrected chi connectivity index (χ2v) is 8.83. The van der Waals surface area contributed by atoms with E-state index in [1.165, 1.54) is 62.8 Å². The molecule has 1 amide bonds. The van der Waals surface area contributed by atoms with E-state index in [-0.39, 0.29) is 27.6 Å². The van der Waals surface area contributed by atoms with Gasteiger partial charge in [-0.25, -0.2) is 13.8 Å². The Morgan fingerprint density at radius 3 is 2.34 bits per heavy atom. The van der Waals surface area contributed by atoms with Crippen molar-refractivity contribution in [3.05, 3.63) is 88.5 Å². The number of nitro groups is 1. The van der Waals surface area contributed by atoms with Gasteiger partial charge in [-0.2, -0.15) is 5.10 Å². The molecule has 3 aromatic carbocycles. The smallest absolute Gasteiger partial charge is 0.278 e. The van der Waals surface area contributed by atoms with E-state index in [0.29, 0.717) is 5.75 Å². The van der Waals surface area contributed by atoms with Gasteiger partial charge in [0.05, 0.1) is 41.5 Å². The van der Waals surface area contributed by atoms with Crippen molar-refractivity contribution in [1.82, 2.24) is 5.43 Å². The third kappa shape index (κ3) is 5.92. The molecular weight excluding hydrogens is 476 g/mol. The number of methoxy groups -OCH3 is 2. The molecule has 0 aliphatic heterocycles. The predicted octanol–water partition coefficient (Wildman–Crippen LogP) is 2.96. The third-order valence-electron chi connectivity index (χ3n) is 4.81. The number of carbonyl (C=O) groups excluding carboxylic acids is 1. The van der Waals surface area contributed by atoms with Gasteiger partial charge in [0.25, 0.3) is 21.6 Å². The molecule has 0 heterocycles. The van der Waals surface area contributed by atoms with Gasteiger partial charge in [-0.05, 0) is 42.5 Å². The van der Waals surface area contributed by atoms with Gasteiger partial charge in [-0.15, -0.1) is 0 Å². The topological polar surface area (TPSA) is 140 Å². The fraction of sp³-hybridized carbons (Fsp3) is 0.130. The number of ether oxygens (including phenoxy) is 2. The van der Waals surface area contributed by atoms with Crippen molar-refractivity contribution < 1.29 is 27.6 Å². The summed E-state index contributed by atoms with van der Waals surface area (Å²) in [6.45, 7) is -0.636. The number of hydrogen-bond donors (Lipinski definition) is 1. The second-order valence-electron chi connectivity index (χ2n) is 6.97. The lowest BCUT2D eigenvalue weighted by Crippen LogP contribution is -2.39.